The SMILES string of the molecule is c1cc(-c2ccc3c4ccccc4c4ccccc4c3c2)cc(-c2cccc3c2Cc2nc(-c4cccc5c4sc4ccccc45)ccc2-3)c1. The minimum atomic E-state index is 0.830. The van der Waals surface area contributed by atoms with Crippen molar-refractivity contribution < 1.29 is 0 Å². The van der Waals surface area contributed by atoms with Crippen molar-refractivity contribution in [3.63, 3.8) is 0 Å². The predicted octanol–water partition coefficient (Wildman–Crippen LogP) is 13.5. The summed E-state index contributed by atoms with van der Waals surface area (Å²) in [5.41, 5.74) is 12.3. The Bertz CT molecular complexity index is 2980. The highest BCUT2D eigenvalue weighted by molar-refractivity contribution is 7.26. The standard InChI is InChI=1S/C48H29NS/c1-2-14-35-33(12-1)34-13-3-4-15-36(34)43-27-30(22-23-38(35)43)29-10-7-11-31(26-29)32-17-8-18-37-39-24-25-45(49-46(39)28-44(32)37)42-20-9-19-41-40-16-5-6-21-47(40)50-48(41)42/h1-27H,28H2. The van der Waals surface area contributed by atoms with E-state index in [-0.39, 0.29) is 0 Å². The van der Waals surface area contributed by atoms with Crippen molar-refractivity contribution in [2.45, 2.75) is 6.42 Å². The normalized spacial score (nSPS) is 12.3. The number of aromatic nitrogens is 1. The van der Waals surface area contributed by atoms with Gasteiger partial charge in [0.2, 0.25) is 0 Å². The van der Waals surface area contributed by atoms with Crippen molar-refractivity contribution in [2.24, 2.45) is 0 Å². The smallest absolute Gasteiger partial charge is 0.0720 e. The van der Waals surface area contributed by atoms with Gasteiger partial charge in [-0.2, -0.15) is 0 Å². The van der Waals surface area contributed by atoms with Gasteiger partial charge < -0.3 is 0 Å². The molecule has 1 nitrogen and oxygen atoms in total. The van der Waals surface area contributed by atoms with E-state index in [0.717, 1.165) is 17.8 Å². The van der Waals surface area contributed by atoms with E-state index in [9.17, 15) is 0 Å². The molecule has 0 unspecified atom stereocenters. The fraction of sp³-hybridized carbons (Fsp3) is 0.0208. The van der Waals surface area contributed by atoms with E-state index in [1.165, 1.54) is 97.0 Å². The van der Waals surface area contributed by atoms with Crippen molar-refractivity contribution in [1.29, 1.82) is 0 Å². The molecule has 0 atom stereocenters. The molecule has 232 valence electrons. The molecule has 0 N–H and O–H groups in total. The van der Waals surface area contributed by atoms with Crippen molar-refractivity contribution >= 4 is 63.8 Å². The average molecular weight is 652 g/mol. The summed E-state index contributed by atoms with van der Waals surface area (Å²) in [5, 5.41) is 10.4. The molecule has 0 saturated heterocycles. The van der Waals surface area contributed by atoms with Crippen LogP contribution in [0.15, 0.2) is 164 Å². The summed E-state index contributed by atoms with van der Waals surface area (Å²) in [5.74, 6) is 0. The summed E-state index contributed by atoms with van der Waals surface area (Å²) in [7, 11) is 0. The van der Waals surface area contributed by atoms with Crippen LogP contribution in [0.5, 0.6) is 0 Å². The first-order chi connectivity index (χ1) is 24.8. The molecule has 11 rings (SSSR count). The minimum absolute atomic E-state index is 0.830. The molecular formula is C48H29NS. The van der Waals surface area contributed by atoms with Crippen molar-refractivity contribution in [3.8, 4) is 44.6 Å². The van der Waals surface area contributed by atoms with Crippen molar-refractivity contribution in [2.75, 3.05) is 0 Å². The van der Waals surface area contributed by atoms with E-state index in [1.807, 2.05) is 11.3 Å². The summed E-state index contributed by atoms with van der Waals surface area (Å²) in [6.07, 6.45) is 0.830. The largest absolute Gasteiger partial charge is 0.252 e. The highest BCUT2D eigenvalue weighted by atomic mass is 32.1. The molecule has 0 radical (unpaired) electrons. The van der Waals surface area contributed by atoms with Crippen LogP contribution in [-0.2, 0) is 6.42 Å². The number of fused-ring (bicyclic) bond motifs is 12. The molecule has 8 aromatic carbocycles. The molecule has 0 aliphatic heterocycles. The number of rotatable bonds is 3. The number of pyridine rings is 1. The summed E-state index contributed by atoms with van der Waals surface area (Å²) in [6, 6.07) is 60.2. The molecule has 0 fully saturated rings. The third-order valence-electron chi connectivity index (χ3n) is 10.7. The quantitative estimate of drug-likeness (QED) is 0.173. The Hall–Kier alpha value is -6.09. The maximum absolute atomic E-state index is 5.34. The third-order valence-corrected chi connectivity index (χ3v) is 11.9. The van der Waals surface area contributed by atoms with Gasteiger partial charge in [-0.25, -0.2) is 0 Å². The summed E-state index contributed by atoms with van der Waals surface area (Å²) in [4.78, 5) is 5.34. The van der Waals surface area contributed by atoms with Crippen LogP contribution in [0.3, 0.4) is 0 Å². The van der Waals surface area contributed by atoms with Gasteiger partial charge in [-0.05, 0) is 90.0 Å². The van der Waals surface area contributed by atoms with E-state index in [0.29, 0.717) is 0 Å². The number of benzene rings is 8. The van der Waals surface area contributed by atoms with E-state index in [1.54, 1.807) is 0 Å². The molecule has 0 bridgehead atoms. The van der Waals surface area contributed by atoms with Crippen LogP contribution in [-0.4, -0.2) is 4.98 Å². The lowest BCUT2D eigenvalue weighted by Crippen LogP contribution is -1.92. The summed E-state index contributed by atoms with van der Waals surface area (Å²) < 4.78 is 2.63. The lowest BCUT2D eigenvalue weighted by molar-refractivity contribution is 1.13. The van der Waals surface area contributed by atoms with Gasteiger partial charge in [0.15, 0.2) is 0 Å². The Labute approximate surface area is 293 Å². The number of hydrogen-bond acceptors (Lipinski definition) is 2. The number of hydrogen-bond donors (Lipinski definition) is 0. The molecule has 10 aromatic rings. The predicted molar refractivity (Wildman–Crippen MR) is 214 cm³/mol. The Balaban J connectivity index is 0.994. The van der Waals surface area contributed by atoms with Gasteiger partial charge in [0, 0.05) is 37.7 Å². The van der Waals surface area contributed by atoms with Gasteiger partial charge in [-0.1, -0.05) is 140 Å². The average Bonchev–Trinajstić information content (AvgIpc) is 3.76. The third kappa shape index (κ3) is 4.09. The van der Waals surface area contributed by atoms with Crippen LogP contribution in [0.2, 0.25) is 0 Å². The van der Waals surface area contributed by atoms with Crippen LogP contribution >= 0.6 is 11.3 Å². The van der Waals surface area contributed by atoms with Gasteiger partial charge in [0.1, 0.15) is 0 Å². The molecule has 0 spiro atoms. The first kappa shape index (κ1) is 27.8. The highest BCUT2D eigenvalue weighted by Crippen LogP contribution is 2.45. The molecule has 2 heteroatoms. The second-order valence-corrected chi connectivity index (χ2v) is 14.5. The van der Waals surface area contributed by atoms with Crippen LogP contribution in [0.1, 0.15) is 11.3 Å². The second-order valence-electron chi connectivity index (χ2n) is 13.4. The van der Waals surface area contributed by atoms with Gasteiger partial charge >= 0.3 is 0 Å². The molecule has 50 heavy (non-hydrogen) atoms. The zero-order valence-corrected chi connectivity index (χ0v) is 28.0. The van der Waals surface area contributed by atoms with Crippen LogP contribution in [0.25, 0.3) is 97.1 Å². The Kier molecular flexibility index (Phi) is 5.96. The molecule has 1 aliphatic carbocycles. The van der Waals surface area contributed by atoms with Crippen molar-refractivity contribution in [1.82, 2.24) is 4.98 Å². The van der Waals surface area contributed by atoms with Gasteiger partial charge in [0.05, 0.1) is 11.4 Å². The van der Waals surface area contributed by atoms with E-state index in [2.05, 4.69) is 164 Å². The van der Waals surface area contributed by atoms with E-state index in [4.69, 9.17) is 4.98 Å². The molecular weight excluding hydrogens is 623 g/mol. The van der Waals surface area contributed by atoms with E-state index >= 15 is 0 Å². The highest BCUT2D eigenvalue weighted by Gasteiger charge is 2.24. The van der Waals surface area contributed by atoms with Crippen LogP contribution < -0.4 is 0 Å². The zero-order valence-electron chi connectivity index (χ0n) is 27.2. The summed E-state index contributed by atoms with van der Waals surface area (Å²) in [6.45, 7) is 0. The second kappa shape index (κ2) is 10.7. The lowest BCUT2D eigenvalue weighted by atomic mass is 9.90. The summed E-state index contributed by atoms with van der Waals surface area (Å²) >= 11 is 1.86. The first-order valence-corrected chi connectivity index (χ1v) is 18.1. The monoisotopic (exact) mass is 651 g/mol. The molecule has 0 saturated carbocycles. The van der Waals surface area contributed by atoms with Gasteiger partial charge in [-0.15, -0.1) is 11.3 Å². The molecule has 2 heterocycles. The lowest BCUT2D eigenvalue weighted by Gasteiger charge is -2.13. The molecule has 2 aromatic heterocycles. The maximum atomic E-state index is 5.34. The van der Waals surface area contributed by atoms with Crippen LogP contribution in [0.4, 0.5) is 0 Å². The van der Waals surface area contributed by atoms with Crippen LogP contribution in [0, 0.1) is 0 Å². The Morgan fingerprint density at radius 3 is 1.80 bits per heavy atom. The number of thiophene rings is 1. The topological polar surface area (TPSA) is 12.9 Å². The molecule has 0 amide bonds. The number of nitrogens with zero attached hydrogens (tertiary/aromatic N) is 1. The van der Waals surface area contributed by atoms with Gasteiger partial charge in [-0.3, -0.25) is 4.98 Å². The Morgan fingerprint density at radius 1 is 0.380 bits per heavy atom. The van der Waals surface area contributed by atoms with Crippen molar-refractivity contribution in [3.05, 3.63) is 175 Å². The molecule has 1 aliphatic rings. The van der Waals surface area contributed by atoms with Gasteiger partial charge in [0.25, 0.3) is 0 Å². The fourth-order valence-corrected chi connectivity index (χ4v) is 9.63. The first-order valence-electron chi connectivity index (χ1n) is 17.3. The minimum Gasteiger partial charge on any atom is -0.252 e. The fourth-order valence-electron chi connectivity index (χ4n) is 8.40. The Morgan fingerprint density at radius 2 is 0.980 bits per heavy atom. The van der Waals surface area contributed by atoms with E-state index < -0.39 is 0 Å². The maximum Gasteiger partial charge on any atom is 0.0720 e. The zero-order chi connectivity index (χ0) is 32.8.